The summed E-state index contributed by atoms with van der Waals surface area (Å²) < 4.78 is 4.58. The van der Waals surface area contributed by atoms with Crippen molar-refractivity contribution in [1.82, 2.24) is 4.98 Å². The van der Waals surface area contributed by atoms with Gasteiger partial charge in [-0.15, -0.1) is 0 Å². The number of nitrogens with one attached hydrogen (secondary N) is 1. The van der Waals surface area contributed by atoms with Crippen LogP contribution in [-0.4, -0.2) is 23.3 Å². The van der Waals surface area contributed by atoms with E-state index in [4.69, 9.17) is 0 Å². The number of aromatic amines is 1. The Morgan fingerprint density at radius 2 is 2.00 bits per heavy atom. The number of aromatic nitrogens is 1. The molecule has 5 nitrogen and oxygen atoms in total. The molecule has 0 spiro atoms. The molecule has 1 aromatic heterocycles. The summed E-state index contributed by atoms with van der Waals surface area (Å²) in [7, 11) is 0. The van der Waals surface area contributed by atoms with Crippen molar-refractivity contribution in [2.24, 2.45) is 0 Å². The van der Waals surface area contributed by atoms with E-state index in [9.17, 15) is 14.4 Å². The van der Waals surface area contributed by atoms with Crippen LogP contribution in [0.5, 0.6) is 0 Å². The van der Waals surface area contributed by atoms with Crippen LogP contribution in [0.3, 0.4) is 0 Å². The number of carbonyl (C=O) groups excluding carboxylic acids is 2. The molecular weight excluding hydrogens is 234 g/mol. The first-order chi connectivity index (χ1) is 8.63. The van der Waals surface area contributed by atoms with Crippen molar-refractivity contribution in [2.75, 3.05) is 6.61 Å². The molecule has 0 saturated heterocycles. The summed E-state index contributed by atoms with van der Waals surface area (Å²) in [5, 5.41) is 0.685. The minimum atomic E-state index is -1.02. The SMILES string of the molecule is CCOC(=O)C(=O)c1cc2ccccc2[nH]c1=O. The van der Waals surface area contributed by atoms with Gasteiger partial charge in [0.25, 0.3) is 11.3 Å². The molecule has 0 amide bonds. The van der Waals surface area contributed by atoms with Crippen LogP contribution in [0.1, 0.15) is 17.3 Å². The van der Waals surface area contributed by atoms with Gasteiger partial charge in [0.15, 0.2) is 0 Å². The topological polar surface area (TPSA) is 76.2 Å². The highest BCUT2D eigenvalue weighted by atomic mass is 16.5. The van der Waals surface area contributed by atoms with Crippen molar-refractivity contribution >= 4 is 22.7 Å². The number of ether oxygens (including phenoxy) is 1. The zero-order chi connectivity index (χ0) is 13.1. The van der Waals surface area contributed by atoms with Crippen LogP contribution >= 0.6 is 0 Å². The van der Waals surface area contributed by atoms with Crippen LogP contribution in [0, 0.1) is 0 Å². The third-order valence-electron chi connectivity index (χ3n) is 2.46. The molecule has 0 atom stereocenters. The molecule has 0 aliphatic carbocycles. The molecular formula is C13H11NO4. The molecule has 0 saturated carbocycles. The van der Waals surface area contributed by atoms with Crippen LogP contribution < -0.4 is 5.56 Å². The van der Waals surface area contributed by atoms with Gasteiger partial charge in [0.1, 0.15) is 0 Å². The molecule has 0 unspecified atom stereocenters. The average molecular weight is 245 g/mol. The predicted molar refractivity (Wildman–Crippen MR) is 65.5 cm³/mol. The highest BCUT2D eigenvalue weighted by Crippen LogP contribution is 2.10. The summed E-state index contributed by atoms with van der Waals surface area (Å²) in [4.78, 5) is 37.3. The lowest BCUT2D eigenvalue weighted by Gasteiger charge is -2.02. The number of hydrogen-bond acceptors (Lipinski definition) is 4. The van der Waals surface area contributed by atoms with E-state index in [0.717, 1.165) is 0 Å². The number of hydrogen-bond donors (Lipinski definition) is 1. The molecule has 1 aromatic carbocycles. The summed E-state index contributed by atoms with van der Waals surface area (Å²) in [6.07, 6.45) is 0. The number of H-pyrrole nitrogens is 1. The smallest absolute Gasteiger partial charge is 0.379 e. The Balaban J connectivity index is 2.51. The lowest BCUT2D eigenvalue weighted by Crippen LogP contribution is -2.25. The van der Waals surface area contributed by atoms with Gasteiger partial charge in [-0.25, -0.2) is 4.79 Å². The van der Waals surface area contributed by atoms with Gasteiger partial charge in [-0.3, -0.25) is 9.59 Å². The maximum Gasteiger partial charge on any atom is 0.379 e. The highest BCUT2D eigenvalue weighted by Gasteiger charge is 2.21. The quantitative estimate of drug-likeness (QED) is 0.502. The largest absolute Gasteiger partial charge is 0.460 e. The van der Waals surface area contributed by atoms with Crippen molar-refractivity contribution in [3.05, 3.63) is 46.2 Å². The molecule has 18 heavy (non-hydrogen) atoms. The second kappa shape index (κ2) is 4.83. The molecule has 2 aromatic rings. The number of Topliss-reactive ketones (excluding diaryl/α,β-unsaturated/α-hetero) is 1. The Morgan fingerprint density at radius 1 is 1.28 bits per heavy atom. The average Bonchev–Trinajstić information content (AvgIpc) is 2.37. The van der Waals surface area contributed by atoms with Crippen LogP contribution in [0.4, 0.5) is 0 Å². The van der Waals surface area contributed by atoms with Crippen LogP contribution in [0.15, 0.2) is 35.1 Å². The molecule has 0 bridgehead atoms. The fourth-order valence-corrected chi connectivity index (χ4v) is 1.62. The van der Waals surface area contributed by atoms with Crippen molar-refractivity contribution in [2.45, 2.75) is 6.92 Å². The monoisotopic (exact) mass is 245 g/mol. The summed E-state index contributed by atoms with van der Waals surface area (Å²) in [5.41, 5.74) is -0.179. The molecule has 0 fully saturated rings. The zero-order valence-electron chi connectivity index (χ0n) is 9.73. The van der Waals surface area contributed by atoms with E-state index in [2.05, 4.69) is 9.72 Å². The third-order valence-corrected chi connectivity index (χ3v) is 2.46. The van der Waals surface area contributed by atoms with E-state index >= 15 is 0 Å². The first kappa shape index (κ1) is 12.0. The van der Waals surface area contributed by atoms with Gasteiger partial charge in [0, 0.05) is 5.52 Å². The number of pyridine rings is 1. The Morgan fingerprint density at radius 3 is 2.72 bits per heavy atom. The van der Waals surface area contributed by atoms with E-state index < -0.39 is 17.3 Å². The lowest BCUT2D eigenvalue weighted by molar-refractivity contribution is -0.137. The van der Waals surface area contributed by atoms with Crippen molar-refractivity contribution in [3.8, 4) is 0 Å². The Labute approximate surface area is 102 Å². The molecule has 0 aliphatic rings. The van der Waals surface area contributed by atoms with E-state index in [1.807, 2.05) is 0 Å². The predicted octanol–water partition coefficient (Wildman–Crippen LogP) is 1.27. The van der Waals surface area contributed by atoms with E-state index in [-0.39, 0.29) is 12.2 Å². The maximum atomic E-state index is 11.7. The zero-order valence-corrected chi connectivity index (χ0v) is 9.73. The minimum Gasteiger partial charge on any atom is -0.460 e. The standard InChI is InChI=1S/C13H11NO4/c1-2-18-13(17)11(15)9-7-8-5-3-4-6-10(8)14-12(9)16/h3-7H,2H2,1H3,(H,14,16). The molecule has 1 heterocycles. The number of benzene rings is 1. The normalized spacial score (nSPS) is 10.3. The fourth-order valence-electron chi connectivity index (χ4n) is 1.62. The first-order valence-corrected chi connectivity index (χ1v) is 5.47. The minimum absolute atomic E-state index is 0.0933. The Kier molecular flexibility index (Phi) is 3.23. The summed E-state index contributed by atoms with van der Waals surface area (Å²) in [5.74, 6) is -1.94. The van der Waals surface area contributed by atoms with E-state index in [0.29, 0.717) is 10.9 Å². The summed E-state index contributed by atoms with van der Waals surface area (Å²) in [6.45, 7) is 1.69. The molecule has 0 radical (unpaired) electrons. The van der Waals surface area contributed by atoms with Gasteiger partial charge in [0.05, 0.1) is 12.2 Å². The maximum absolute atomic E-state index is 11.7. The van der Waals surface area contributed by atoms with Crippen LogP contribution in [0.25, 0.3) is 10.9 Å². The number of fused-ring (bicyclic) bond motifs is 1. The molecule has 2 rings (SSSR count). The number of para-hydroxylation sites is 1. The molecule has 0 aliphatic heterocycles. The van der Waals surface area contributed by atoms with Gasteiger partial charge in [-0.2, -0.15) is 0 Å². The van der Waals surface area contributed by atoms with Gasteiger partial charge in [0.2, 0.25) is 0 Å². The summed E-state index contributed by atoms with van der Waals surface area (Å²) >= 11 is 0. The molecule has 5 heteroatoms. The molecule has 1 N–H and O–H groups in total. The van der Waals surface area contributed by atoms with E-state index in [1.54, 1.807) is 31.2 Å². The third kappa shape index (κ3) is 2.15. The second-order valence-electron chi connectivity index (χ2n) is 3.65. The number of carbonyl (C=O) groups is 2. The van der Waals surface area contributed by atoms with Gasteiger partial charge in [-0.1, -0.05) is 18.2 Å². The number of ketones is 1. The lowest BCUT2D eigenvalue weighted by atomic mass is 10.1. The second-order valence-corrected chi connectivity index (χ2v) is 3.65. The van der Waals surface area contributed by atoms with Gasteiger partial charge < -0.3 is 9.72 Å². The number of esters is 1. The summed E-state index contributed by atoms with van der Waals surface area (Å²) in [6, 6.07) is 8.40. The first-order valence-electron chi connectivity index (χ1n) is 5.47. The van der Waals surface area contributed by atoms with Crippen molar-refractivity contribution in [1.29, 1.82) is 0 Å². The fraction of sp³-hybridized carbons (Fsp3) is 0.154. The number of rotatable bonds is 3. The van der Waals surface area contributed by atoms with Crippen molar-refractivity contribution in [3.63, 3.8) is 0 Å². The van der Waals surface area contributed by atoms with Gasteiger partial charge in [-0.05, 0) is 24.4 Å². The van der Waals surface area contributed by atoms with Gasteiger partial charge >= 0.3 is 5.97 Å². The Bertz CT molecular complexity index is 672. The van der Waals surface area contributed by atoms with Crippen LogP contribution in [-0.2, 0) is 9.53 Å². The van der Waals surface area contributed by atoms with E-state index in [1.165, 1.54) is 6.07 Å². The Hall–Kier alpha value is -2.43. The van der Waals surface area contributed by atoms with Crippen LogP contribution in [0.2, 0.25) is 0 Å². The van der Waals surface area contributed by atoms with Crippen molar-refractivity contribution < 1.29 is 14.3 Å². The molecule has 92 valence electrons. The highest BCUT2D eigenvalue weighted by molar-refractivity contribution is 6.40.